The monoisotopic (exact) mass is 516 g/mol. The molecule has 2 heterocycles. The number of methoxy groups -OCH3 is 2. The molecular formula is C27H36O8Si. The third-order valence-electron chi connectivity index (χ3n) is 7.32. The van der Waals surface area contributed by atoms with Gasteiger partial charge in [-0.1, -0.05) is 41.5 Å². The number of fused-ring (bicyclic) bond motifs is 2. The Morgan fingerprint density at radius 2 is 1.31 bits per heavy atom. The molecule has 4 rings (SSSR count). The summed E-state index contributed by atoms with van der Waals surface area (Å²) < 4.78 is 41.4. The second-order valence-electron chi connectivity index (χ2n) is 10.0. The lowest BCUT2D eigenvalue weighted by molar-refractivity contribution is 0.112. The average Bonchev–Trinajstić information content (AvgIpc) is 3.50. The summed E-state index contributed by atoms with van der Waals surface area (Å²) in [6.07, 6.45) is 0.782. The summed E-state index contributed by atoms with van der Waals surface area (Å²) in [4.78, 5) is 12.3. The van der Waals surface area contributed by atoms with E-state index in [0.717, 1.165) is 11.8 Å². The van der Waals surface area contributed by atoms with Gasteiger partial charge in [0.05, 0.1) is 20.8 Å². The minimum absolute atomic E-state index is 0.0486. The molecular weight excluding hydrogens is 480 g/mol. The first kappa shape index (κ1) is 26.2. The summed E-state index contributed by atoms with van der Waals surface area (Å²) >= 11 is 0. The maximum atomic E-state index is 12.3. The molecule has 0 unspecified atom stereocenters. The van der Waals surface area contributed by atoms with Crippen molar-refractivity contribution >= 4 is 14.6 Å². The van der Waals surface area contributed by atoms with Crippen molar-refractivity contribution in [2.24, 2.45) is 0 Å². The van der Waals surface area contributed by atoms with Gasteiger partial charge in [0, 0.05) is 16.7 Å². The Bertz CT molecular complexity index is 1120. The van der Waals surface area contributed by atoms with Crippen LogP contribution in [0.1, 0.15) is 57.5 Å². The van der Waals surface area contributed by atoms with E-state index in [2.05, 4.69) is 41.5 Å². The van der Waals surface area contributed by atoms with Crippen molar-refractivity contribution in [1.29, 1.82) is 0 Å². The fourth-order valence-electron chi connectivity index (χ4n) is 5.93. The van der Waals surface area contributed by atoms with E-state index in [4.69, 9.17) is 32.8 Å². The predicted molar refractivity (Wildman–Crippen MR) is 138 cm³/mol. The number of carbonyl (C=O) groups excluding carboxylic acids is 1. The van der Waals surface area contributed by atoms with E-state index in [9.17, 15) is 4.79 Å². The molecule has 0 spiro atoms. The first-order chi connectivity index (χ1) is 17.2. The van der Waals surface area contributed by atoms with E-state index in [-0.39, 0.29) is 13.6 Å². The Kier molecular flexibility index (Phi) is 7.42. The molecule has 2 aliphatic rings. The Morgan fingerprint density at radius 3 is 1.78 bits per heavy atom. The molecule has 9 heteroatoms. The zero-order valence-electron chi connectivity index (χ0n) is 22.4. The van der Waals surface area contributed by atoms with Crippen molar-refractivity contribution in [3.8, 4) is 45.6 Å². The van der Waals surface area contributed by atoms with Gasteiger partial charge in [-0.05, 0) is 34.3 Å². The SMILES string of the molecule is COc1c2c(cc(C=O)c1-c1c(CO[Si](C(C)C)(C(C)C)C(C)C)cc3c(c1OC)OCO3)OCO2. The summed E-state index contributed by atoms with van der Waals surface area (Å²) in [5, 5.41) is 0. The topological polar surface area (TPSA) is 81.7 Å². The van der Waals surface area contributed by atoms with Crippen molar-refractivity contribution < 1.29 is 37.6 Å². The summed E-state index contributed by atoms with van der Waals surface area (Å²) in [6.45, 7) is 13.9. The Labute approximate surface area is 213 Å². The van der Waals surface area contributed by atoms with Crippen LogP contribution in [0.5, 0.6) is 34.5 Å². The molecule has 0 aromatic heterocycles. The first-order valence-corrected chi connectivity index (χ1v) is 14.4. The molecule has 0 atom stereocenters. The highest BCUT2D eigenvalue weighted by molar-refractivity contribution is 6.77. The van der Waals surface area contributed by atoms with Gasteiger partial charge in [-0.3, -0.25) is 4.79 Å². The van der Waals surface area contributed by atoms with Gasteiger partial charge in [0.15, 0.2) is 29.3 Å². The van der Waals surface area contributed by atoms with Crippen LogP contribution in [0, 0.1) is 0 Å². The summed E-state index contributed by atoms with van der Waals surface area (Å²) in [6, 6.07) is 3.58. The number of aldehydes is 1. The predicted octanol–water partition coefficient (Wildman–Crippen LogP) is 6.33. The normalized spacial score (nSPS) is 14.2. The van der Waals surface area contributed by atoms with Gasteiger partial charge < -0.3 is 32.8 Å². The standard InChI is InChI=1S/C27H36O8Si/c1-15(2)36(16(3)4,17(5)6)35-12-19-10-21-25(34-14-32-21)27(30-8)23(19)22-18(11-28)9-20-24(26(22)29-7)33-13-31-20/h9-11,15-17H,12-14H2,1-8H3. The minimum Gasteiger partial charge on any atom is -0.492 e. The van der Waals surface area contributed by atoms with Gasteiger partial charge in [0.1, 0.15) is 0 Å². The lowest BCUT2D eigenvalue weighted by Gasteiger charge is -2.42. The zero-order valence-corrected chi connectivity index (χ0v) is 23.4. The largest absolute Gasteiger partial charge is 0.492 e. The molecule has 0 N–H and O–H groups in total. The first-order valence-electron chi connectivity index (χ1n) is 12.3. The number of benzene rings is 2. The van der Waals surface area contributed by atoms with Gasteiger partial charge in [-0.15, -0.1) is 0 Å². The van der Waals surface area contributed by atoms with Gasteiger partial charge in [-0.2, -0.15) is 0 Å². The second-order valence-corrected chi connectivity index (χ2v) is 15.5. The van der Waals surface area contributed by atoms with Crippen LogP contribution in [0.15, 0.2) is 12.1 Å². The maximum absolute atomic E-state index is 12.3. The van der Waals surface area contributed by atoms with E-state index in [1.54, 1.807) is 20.3 Å². The lowest BCUT2D eigenvalue weighted by Crippen LogP contribution is -2.47. The van der Waals surface area contributed by atoms with Crippen LogP contribution in [-0.4, -0.2) is 42.4 Å². The summed E-state index contributed by atoms with van der Waals surface area (Å²) in [5.74, 6) is 2.81. The lowest BCUT2D eigenvalue weighted by atomic mass is 9.92. The number of carbonyl (C=O) groups is 1. The van der Waals surface area contributed by atoms with E-state index >= 15 is 0 Å². The molecule has 0 saturated carbocycles. The van der Waals surface area contributed by atoms with Crippen molar-refractivity contribution in [3.63, 3.8) is 0 Å². The van der Waals surface area contributed by atoms with Crippen LogP contribution < -0.4 is 28.4 Å². The van der Waals surface area contributed by atoms with E-state index < -0.39 is 8.32 Å². The second kappa shape index (κ2) is 10.2. The molecule has 0 aliphatic carbocycles. The fourth-order valence-corrected chi connectivity index (χ4v) is 11.3. The molecule has 2 aromatic rings. The molecule has 0 bridgehead atoms. The van der Waals surface area contributed by atoms with Gasteiger partial charge >= 0.3 is 0 Å². The van der Waals surface area contributed by atoms with Crippen LogP contribution in [0.25, 0.3) is 11.1 Å². The van der Waals surface area contributed by atoms with Crippen LogP contribution in [0.2, 0.25) is 16.6 Å². The maximum Gasteiger partial charge on any atom is 0.231 e. The van der Waals surface area contributed by atoms with Crippen LogP contribution >= 0.6 is 0 Å². The Morgan fingerprint density at radius 1 is 0.806 bits per heavy atom. The fraction of sp³-hybridized carbons (Fsp3) is 0.519. The average molecular weight is 517 g/mol. The van der Waals surface area contributed by atoms with E-state index in [1.807, 2.05) is 6.07 Å². The number of hydrogen-bond donors (Lipinski definition) is 0. The molecule has 8 nitrogen and oxygen atoms in total. The number of hydrogen-bond acceptors (Lipinski definition) is 8. The molecule has 196 valence electrons. The zero-order chi connectivity index (χ0) is 26.2. The molecule has 2 aromatic carbocycles. The molecule has 0 fully saturated rings. The smallest absolute Gasteiger partial charge is 0.231 e. The van der Waals surface area contributed by atoms with E-state index in [0.29, 0.717) is 74.4 Å². The third kappa shape index (κ3) is 4.08. The van der Waals surface area contributed by atoms with Crippen LogP contribution in [0.3, 0.4) is 0 Å². The minimum atomic E-state index is -2.21. The Balaban J connectivity index is 1.97. The molecule has 0 amide bonds. The van der Waals surface area contributed by atoms with Crippen molar-refractivity contribution in [2.75, 3.05) is 27.8 Å². The van der Waals surface area contributed by atoms with Gasteiger partial charge in [0.25, 0.3) is 0 Å². The van der Waals surface area contributed by atoms with Gasteiger partial charge in [-0.25, -0.2) is 0 Å². The van der Waals surface area contributed by atoms with Crippen LogP contribution in [0.4, 0.5) is 0 Å². The van der Waals surface area contributed by atoms with Crippen LogP contribution in [-0.2, 0) is 11.0 Å². The number of rotatable bonds is 10. The quantitative estimate of drug-likeness (QED) is 0.268. The van der Waals surface area contributed by atoms with Crippen molar-refractivity contribution in [3.05, 3.63) is 23.3 Å². The highest BCUT2D eigenvalue weighted by Crippen LogP contribution is 2.56. The van der Waals surface area contributed by atoms with Crippen molar-refractivity contribution in [1.82, 2.24) is 0 Å². The molecule has 0 radical (unpaired) electrons. The summed E-state index contributed by atoms with van der Waals surface area (Å²) in [7, 11) is 0.905. The third-order valence-corrected chi connectivity index (χ3v) is 13.4. The molecule has 0 saturated heterocycles. The molecule has 2 aliphatic heterocycles. The molecule has 36 heavy (non-hydrogen) atoms. The van der Waals surface area contributed by atoms with Crippen molar-refractivity contribution in [2.45, 2.75) is 64.8 Å². The number of ether oxygens (including phenoxy) is 6. The highest BCUT2D eigenvalue weighted by Gasteiger charge is 2.45. The van der Waals surface area contributed by atoms with Gasteiger partial charge in [0.2, 0.25) is 33.4 Å². The highest BCUT2D eigenvalue weighted by atomic mass is 28.4. The summed E-state index contributed by atoms with van der Waals surface area (Å²) in [5.41, 5.74) is 3.60. The van der Waals surface area contributed by atoms with E-state index in [1.165, 1.54) is 0 Å². The Hall–Kier alpha value is -2.91.